The number of carboxylic acids is 1. The first-order valence-electron chi connectivity index (χ1n) is 4.02. The first-order chi connectivity index (χ1) is 7.30. The van der Waals surface area contributed by atoms with Gasteiger partial charge >= 0.3 is 12.1 Å². The second kappa shape index (κ2) is 4.97. The van der Waals surface area contributed by atoms with Gasteiger partial charge in [0.1, 0.15) is 0 Å². The van der Waals surface area contributed by atoms with Crippen LogP contribution in [0.2, 0.25) is 5.02 Å². The SMILES string of the molecule is O=C(O)CSc1cc(C(F)(F)F)ccc1Cl. The molecule has 0 bridgehead atoms. The molecular formula is C9H6ClF3O2S. The summed E-state index contributed by atoms with van der Waals surface area (Å²) in [6.45, 7) is 0. The van der Waals surface area contributed by atoms with Gasteiger partial charge in [-0.1, -0.05) is 11.6 Å². The summed E-state index contributed by atoms with van der Waals surface area (Å²) < 4.78 is 37.0. The second-order valence-corrected chi connectivity index (χ2v) is 4.25. The standard InChI is InChI=1S/C9H6ClF3O2S/c10-6-2-1-5(9(11,12)13)3-7(6)16-4-8(14)15/h1-3H,4H2,(H,14,15). The molecule has 16 heavy (non-hydrogen) atoms. The number of benzene rings is 1. The number of hydrogen-bond acceptors (Lipinski definition) is 2. The van der Waals surface area contributed by atoms with E-state index in [1.54, 1.807) is 0 Å². The number of alkyl halides is 3. The lowest BCUT2D eigenvalue weighted by Crippen LogP contribution is -2.05. The molecule has 0 heterocycles. The van der Waals surface area contributed by atoms with Gasteiger partial charge in [-0.15, -0.1) is 11.8 Å². The Hall–Kier alpha value is -0.880. The van der Waals surface area contributed by atoms with Gasteiger partial charge in [-0.25, -0.2) is 0 Å². The van der Waals surface area contributed by atoms with E-state index in [0.29, 0.717) is 0 Å². The number of rotatable bonds is 3. The first kappa shape index (κ1) is 13.2. The number of carboxylic acid groups (broad SMARTS) is 1. The molecule has 0 aromatic heterocycles. The maximum Gasteiger partial charge on any atom is 0.416 e. The summed E-state index contributed by atoms with van der Waals surface area (Å²) >= 11 is 6.40. The summed E-state index contributed by atoms with van der Waals surface area (Å²) in [7, 11) is 0. The lowest BCUT2D eigenvalue weighted by atomic mass is 10.2. The average molecular weight is 271 g/mol. The highest BCUT2D eigenvalue weighted by molar-refractivity contribution is 8.00. The Labute approximate surface area is 98.4 Å². The topological polar surface area (TPSA) is 37.3 Å². The third-order valence-electron chi connectivity index (χ3n) is 1.61. The van der Waals surface area contributed by atoms with E-state index in [9.17, 15) is 18.0 Å². The van der Waals surface area contributed by atoms with Crippen LogP contribution < -0.4 is 0 Å². The normalized spacial score (nSPS) is 11.5. The highest BCUT2D eigenvalue weighted by Crippen LogP contribution is 2.35. The third kappa shape index (κ3) is 3.61. The minimum atomic E-state index is -4.46. The minimum Gasteiger partial charge on any atom is -0.481 e. The van der Waals surface area contributed by atoms with E-state index in [0.717, 1.165) is 30.0 Å². The molecule has 1 aromatic rings. The number of thioether (sulfide) groups is 1. The van der Waals surface area contributed by atoms with Crippen LogP contribution in [0.3, 0.4) is 0 Å². The molecule has 2 nitrogen and oxygen atoms in total. The molecule has 0 spiro atoms. The van der Waals surface area contributed by atoms with Gasteiger partial charge in [-0.05, 0) is 18.2 Å². The highest BCUT2D eigenvalue weighted by Gasteiger charge is 2.30. The highest BCUT2D eigenvalue weighted by atomic mass is 35.5. The van der Waals surface area contributed by atoms with Gasteiger partial charge in [0.05, 0.1) is 16.3 Å². The summed E-state index contributed by atoms with van der Waals surface area (Å²) in [4.78, 5) is 10.4. The van der Waals surface area contributed by atoms with E-state index < -0.39 is 17.7 Å². The summed E-state index contributed by atoms with van der Waals surface area (Å²) in [5.74, 6) is -1.44. The Morgan fingerprint density at radius 2 is 2.06 bits per heavy atom. The van der Waals surface area contributed by atoms with Crippen molar-refractivity contribution in [3.8, 4) is 0 Å². The van der Waals surface area contributed by atoms with Crippen LogP contribution in [0.25, 0.3) is 0 Å². The van der Waals surface area contributed by atoms with Gasteiger partial charge in [-0.2, -0.15) is 13.2 Å². The number of carbonyl (C=O) groups is 1. The van der Waals surface area contributed by atoms with Gasteiger partial charge in [0, 0.05) is 4.90 Å². The maximum absolute atomic E-state index is 12.3. The van der Waals surface area contributed by atoms with E-state index in [-0.39, 0.29) is 15.7 Å². The van der Waals surface area contributed by atoms with Crippen LogP contribution >= 0.6 is 23.4 Å². The number of halogens is 4. The van der Waals surface area contributed by atoms with Gasteiger partial charge in [0.15, 0.2) is 0 Å². The quantitative estimate of drug-likeness (QED) is 0.854. The zero-order chi connectivity index (χ0) is 12.3. The molecular weight excluding hydrogens is 265 g/mol. The van der Waals surface area contributed by atoms with Gasteiger partial charge in [0.25, 0.3) is 0 Å². The zero-order valence-electron chi connectivity index (χ0n) is 7.71. The molecule has 0 fully saturated rings. The van der Waals surface area contributed by atoms with Crippen molar-refractivity contribution in [1.82, 2.24) is 0 Å². The summed E-state index contributed by atoms with van der Waals surface area (Å²) in [5, 5.41) is 8.52. The predicted octanol–water partition coefficient (Wildman–Crippen LogP) is 3.54. The smallest absolute Gasteiger partial charge is 0.416 e. The Kier molecular flexibility index (Phi) is 4.09. The third-order valence-corrected chi connectivity index (χ3v) is 3.09. The fraction of sp³-hybridized carbons (Fsp3) is 0.222. The van der Waals surface area contributed by atoms with Gasteiger partial charge in [0.2, 0.25) is 0 Å². The van der Waals surface area contributed by atoms with Crippen LogP contribution in [0.15, 0.2) is 23.1 Å². The van der Waals surface area contributed by atoms with E-state index in [2.05, 4.69) is 0 Å². The van der Waals surface area contributed by atoms with E-state index in [4.69, 9.17) is 16.7 Å². The van der Waals surface area contributed by atoms with Crippen LogP contribution in [0.4, 0.5) is 13.2 Å². The Morgan fingerprint density at radius 3 is 2.56 bits per heavy atom. The first-order valence-corrected chi connectivity index (χ1v) is 5.38. The molecule has 88 valence electrons. The molecule has 0 aliphatic heterocycles. The van der Waals surface area contributed by atoms with Crippen molar-refractivity contribution in [2.75, 3.05) is 5.75 Å². The van der Waals surface area contributed by atoms with Crippen LogP contribution in [0, 0.1) is 0 Å². The summed E-state index contributed by atoms with van der Waals surface area (Å²) in [6.07, 6.45) is -4.46. The summed E-state index contributed by atoms with van der Waals surface area (Å²) in [5.41, 5.74) is -0.843. The molecule has 0 unspecified atom stereocenters. The Bertz CT molecular complexity index is 406. The van der Waals surface area contributed by atoms with Crippen molar-refractivity contribution in [1.29, 1.82) is 0 Å². The number of hydrogen-bond donors (Lipinski definition) is 1. The van der Waals surface area contributed by atoms with Crippen LogP contribution in [-0.4, -0.2) is 16.8 Å². The maximum atomic E-state index is 12.3. The fourth-order valence-corrected chi connectivity index (χ4v) is 1.91. The second-order valence-electron chi connectivity index (χ2n) is 2.83. The number of aliphatic carboxylic acids is 1. The van der Waals surface area contributed by atoms with E-state index in [1.165, 1.54) is 0 Å². The predicted molar refractivity (Wildman–Crippen MR) is 54.8 cm³/mol. The fourth-order valence-electron chi connectivity index (χ4n) is 0.930. The molecule has 1 aromatic carbocycles. The van der Waals surface area contributed by atoms with Gasteiger partial charge < -0.3 is 5.11 Å². The Balaban J connectivity index is 2.95. The van der Waals surface area contributed by atoms with Crippen molar-refractivity contribution in [2.45, 2.75) is 11.1 Å². The van der Waals surface area contributed by atoms with Crippen molar-refractivity contribution < 1.29 is 23.1 Å². The molecule has 0 saturated heterocycles. The minimum absolute atomic E-state index is 0.110. The lowest BCUT2D eigenvalue weighted by molar-refractivity contribution is -0.137. The average Bonchev–Trinajstić information content (AvgIpc) is 2.14. The van der Waals surface area contributed by atoms with Crippen LogP contribution in [0.5, 0.6) is 0 Å². The lowest BCUT2D eigenvalue weighted by Gasteiger charge is -2.09. The molecule has 1 rings (SSSR count). The molecule has 1 N–H and O–H groups in total. The molecule has 0 radical (unpaired) electrons. The zero-order valence-corrected chi connectivity index (χ0v) is 9.29. The van der Waals surface area contributed by atoms with Crippen molar-refractivity contribution in [3.63, 3.8) is 0 Å². The Morgan fingerprint density at radius 1 is 1.44 bits per heavy atom. The largest absolute Gasteiger partial charge is 0.481 e. The molecule has 0 atom stereocenters. The van der Waals surface area contributed by atoms with Crippen LogP contribution in [0.1, 0.15) is 5.56 Å². The van der Waals surface area contributed by atoms with E-state index >= 15 is 0 Å². The van der Waals surface area contributed by atoms with Crippen molar-refractivity contribution in [2.24, 2.45) is 0 Å². The molecule has 7 heteroatoms. The molecule has 0 aliphatic carbocycles. The molecule has 0 amide bonds. The van der Waals surface area contributed by atoms with Gasteiger partial charge in [-0.3, -0.25) is 4.79 Å². The van der Waals surface area contributed by atoms with Crippen molar-refractivity contribution >= 4 is 29.3 Å². The summed E-state index contributed by atoms with van der Waals surface area (Å²) in [6, 6.07) is 2.80. The van der Waals surface area contributed by atoms with E-state index in [1.807, 2.05) is 0 Å². The van der Waals surface area contributed by atoms with Crippen LogP contribution in [-0.2, 0) is 11.0 Å². The monoisotopic (exact) mass is 270 g/mol. The van der Waals surface area contributed by atoms with Crippen molar-refractivity contribution in [3.05, 3.63) is 28.8 Å². The molecule has 0 aliphatic rings. The molecule has 0 saturated carbocycles.